The molecule has 4 heteroatoms. The molecule has 4 aromatic heterocycles. The average Bonchev–Trinajstić information content (AvgIpc) is 0.707. The van der Waals surface area contributed by atoms with Crippen molar-refractivity contribution >= 4 is 43.1 Å². The van der Waals surface area contributed by atoms with Gasteiger partial charge in [-0.15, -0.1) is 0 Å². The molecule has 0 fully saturated rings. The van der Waals surface area contributed by atoms with Crippen molar-refractivity contribution in [2.24, 2.45) is 28.2 Å². The maximum atomic E-state index is 2.47. The number of nitrogens with zero attached hydrogens (tertiary/aromatic N) is 4. The molecule has 0 spiro atoms. The minimum atomic E-state index is -0.00962. The van der Waals surface area contributed by atoms with E-state index in [-0.39, 0.29) is 43.3 Å². The highest BCUT2D eigenvalue weighted by molar-refractivity contribution is 6.02. The van der Waals surface area contributed by atoms with Crippen molar-refractivity contribution in [1.29, 1.82) is 0 Å². The van der Waals surface area contributed by atoms with Crippen LogP contribution >= 0.6 is 0 Å². The van der Waals surface area contributed by atoms with Crippen LogP contribution < -0.4 is 18.3 Å². The van der Waals surface area contributed by atoms with Gasteiger partial charge in [-0.05, 0) is 301 Å². The predicted octanol–water partition coefficient (Wildman–Crippen LogP) is 28.7. The van der Waals surface area contributed by atoms with E-state index in [2.05, 4.69) is 480 Å². The third-order valence-electron chi connectivity index (χ3n) is 32.1. The zero-order chi connectivity index (χ0) is 88.5. The molecule has 0 aliphatic heterocycles. The second-order valence-corrected chi connectivity index (χ2v) is 41.5. The number of hydrogen-bond acceptors (Lipinski definition) is 0. The van der Waals surface area contributed by atoms with Crippen LogP contribution in [0.4, 0.5) is 0 Å². The summed E-state index contributed by atoms with van der Waals surface area (Å²) in [4.78, 5) is 0. The molecule has 20 rings (SSSR count). The van der Waals surface area contributed by atoms with Gasteiger partial charge in [0.2, 0.25) is 22.8 Å². The highest BCUT2D eigenvalue weighted by atomic mass is 14.9. The number of benzene rings is 12. The molecule has 0 saturated heterocycles. The monoisotopic (exact) mass is 1630 g/mol. The number of hydrogen-bond donors (Lipinski definition) is 0. The number of aryl methyl sites for hydroxylation is 12. The van der Waals surface area contributed by atoms with E-state index in [1.807, 2.05) is 0 Å². The van der Waals surface area contributed by atoms with Crippen molar-refractivity contribution in [3.8, 4) is 89.5 Å². The number of rotatable bonds is 4. The van der Waals surface area contributed by atoms with Crippen LogP contribution in [0, 0.1) is 55.4 Å². The molecule has 624 valence electrons. The van der Waals surface area contributed by atoms with E-state index in [4.69, 9.17) is 0 Å². The van der Waals surface area contributed by atoms with Crippen LogP contribution in [-0.2, 0) is 71.5 Å². The number of aromatic nitrogens is 4. The molecular weight excluding hydrogens is 1500 g/mol. The van der Waals surface area contributed by atoms with E-state index in [1.54, 1.807) is 0 Å². The second-order valence-electron chi connectivity index (χ2n) is 41.5. The summed E-state index contributed by atoms with van der Waals surface area (Å²) in [5.41, 5.74) is 43.8. The first-order valence-electron chi connectivity index (χ1n) is 45.1. The van der Waals surface area contributed by atoms with E-state index in [9.17, 15) is 0 Å². The van der Waals surface area contributed by atoms with Crippen molar-refractivity contribution < 1.29 is 18.3 Å². The Hall–Kier alpha value is -11.7. The van der Waals surface area contributed by atoms with Gasteiger partial charge < -0.3 is 0 Å². The van der Waals surface area contributed by atoms with Gasteiger partial charge in [0.15, 0.2) is 24.8 Å². The van der Waals surface area contributed by atoms with Crippen molar-refractivity contribution in [3.05, 3.63) is 356 Å². The van der Waals surface area contributed by atoms with Gasteiger partial charge in [0.05, 0.1) is 11.1 Å². The highest BCUT2D eigenvalue weighted by Gasteiger charge is 2.52. The molecule has 12 aromatic carbocycles. The quantitative estimate of drug-likeness (QED) is 0.156. The molecule has 4 aliphatic carbocycles. The average molecular weight is 1630 g/mol. The van der Waals surface area contributed by atoms with Gasteiger partial charge in [-0.2, -0.15) is 0 Å². The maximum absolute atomic E-state index is 2.47. The Balaban J connectivity index is 0.000000117. The summed E-state index contributed by atoms with van der Waals surface area (Å²) in [6.07, 6.45) is 8.70. The predicted molar refractivity (Wildman–Crippen MR) is 526 cm³/mol. The van der Waals surface area contributed by atoms with Crippen LogP contribution in [0.3, 0.4) is 0 Å². The van der Waals surface area contributed by atoms with Crippen molar-refractivity contribution in [3.63, 3.8) is 0 Å². The zero-order valence-electron chi connectivity index (χ0n) is 79.2. The summed E-state index contributed by atoms with van der Waals surface area (Å²) in [5.74, 6) is 0. The Kier molecular flexibility index (Phi) is 20.5. The van der Waals surface area contributed by atoms with Gasteiger partial charge in [-0.1, -0.05) is 269 Å². The standard InChI is InChI=1S/4C30H32N/c1-19-16-17-31(7)25(18-19)26-20(2)12-15-24-27(26)23-14-13-21-10-8-9-11-22(21)28(23)30(5,6)29(24,3)4;1-19-12-13-31(7)28(14-19)23-18-27-24(15-20(23)2)25-16-21-10-8-9-11-22(21)17-26(25)29(3,4)30(27,5)6;1-19-14-15-31(7)27(16-19)24-18-26-25(17-20(24)2)23-13-12-21-10-8-9-11-22(21)28(23)30(5,6)29(26,3)4;1-19-14-15-31(7)26(16-19)27-20(2)12-13-24-28(27)23-17-21-10-8-9-11-22(21)18-25(23)30(5,6)29(24,3)4/h4*8-18H,1-7H3/q4*+1. The van der Waals surface area contributed by atoms with E-state index in [0.717, 1.165) is 0 Å². The highest BCUT2D eigenvalue weighted by Crippen LogP contribution is 2.62. The summed E-state index contributed by atoms with van der Waals surface area (Å²) < 4.78 is 9.01. The third kappa shape index (κ3) is 13.2. The first-order valence-corrected chi connectivity index (χ1v) is 45.1. The van der Waals surface area contributed by atoms with Crippen LogP contribution in [0.2, 0.25) is 0 Å². The Labute approximate surface area is 740 Å². The second kappa shape index (κ2) is 30.0. The minimum absolute atomic E-state index is 0.00246. The molecule has 0 unspecified atom stereocenters. The smallest absolute Gasteiger partial charge is 0.201 e. The summed E-state index contributed by atoms with van der Waals surface area (Å²) in [6, 6.07) is 91.4. The molecule has 0 atom stereocenters. The first kappa shape index (κ1) is 84.5. The van der Waals surface area contributed by atoms with Gasteiger partial charge in [-0.3, -0.25) is 0 Å². The van der Waals surface area contributed by atoms with Crippen LogP contribution in [0.25, 0.3) is 133 Å². The third-order valence-corrected chi connectivity index (χ3v) is 32.1. The molecule has 4 nitrogen and oxygen atoms in total. The fraction of sp³-hybridized carbons (Fsp3) is 0.300. The minimum Gasteiger partial charge on any atom is -0.201 e. The summed E-state index contributed by atoms with van der Waals surface area (Å²) >= 11 is 0. The number of pyridine rings is 4. The lowest BCUT2D eigenvalue weighted by atomic mass is 9.54. The fourth-order valence-corrected chi connectivity index (χ4v) is 21.8. The van der Waals surface area contributed by atoms with Gasteiger partial charge in [0, 0.05) is 70.5 Å². The molecule has 0 radical (unpaired) electrons. The molecule has 4 heterocycles. The fourth-order valence-electron chi connectivity index (χ4n) is 21.8. The molecule has 0 amide bonds. The summed E-state index contributed by atoms with van der Waals surface area (Å²) in [7, 11) is 8.61. The Bertz CT molecular complexity index is 6870. The maximum Gasteiger partial charge on any atom is 0.213 e. The van der Waals surface area contributed by atoms with Crippen LogP contribution in [0.1, 0.15) is 200 Å². The SMILES string of the molecule is Cc1cc[n+](C)c(-c2c(C)ccc3c2-c2cc4ccccc4cc2C(C)(C)C3(C)C)c1.Cc1cc[n+](C)c(-c2c(C)ccc3c2-c2ccc4ccccc4c2C(C)(C)C3(C)C)c1.Cc1cc[n+](C)c(-c2cc3c(cc2C)-c2cc4ccccc4cc2C(C)(C)C3(C)C)c1.Cc1cc[n+](C)c(-c2cc3c(cc2C)-c2ccc4ccccc4c2C(C)(C)C3(C)C)c1. The van der Waals surface area contributed by atoms with Crippen LogP contribution in [0.5, 0.6) is 0 Å². The summed E-state index contributed by atoms with van der Waals surface area (Å²) in [6.45, 7) is 56.4. The number of fused-ring (bicyclic) bond motifs is 18. The molecule has 16 aromatic rings. The lowest BCUT2D eigenvalue weighted by Gasteiger charge is -2.49. The van der Waals surface area contributed by atoms with Crippen LogP contribution in [-0.4, -0.2) is 0 Å². The van der Waals surface area contributed by atoms with Crippen LogP contribution in [0.15, 0.2) is 267 Å². The van der Waals surface area contributed by atoms with Gasteiger partial charge >= 0.3 is 0 Å². The Morgan fingerprint density at radius 1 is 0.185 bits per heavy atom. The molecular formula is C120H128N4+4. The largest absolute Gasteiger partial charge is 0.213 e. The first-order chi connectivity index (χ1) is 58.5. The Morgan fingerprint density at radius 2 is 0.468 bits per heavy atom. The van der Waals surface area contributed by atoms with Gasteiger partial charge in [0.25, 0.3) is 0 Å². The molecule has 4 aliphatic rings. The van der Waals surface area contributed by atoms with Crippen molar-refractivity contribution in [1.82, 2.24) is 0 Å². The lowest BCUT2D eigenvalue weighted by Crippen LogP contribution is -2.44. The van der Waals surface area contributed by atoms with E-state index in [1.165, 1.54) is 222 Å². The van der Waals surface area contributed by atoms with E-state index < -0.39 is 0 Å². The topological polar surface area (TPSA) is 15.5 Å². The van der Waals surface area contributed by atoms with Gasteiger partial charge in [-0.25, -0.2) is 18.3 Å². The zero-order valence-corrected chi connectivity index (χ0v) is 79.2. The lowest BCUT2D eigenvalue weighted by molar-refractivity contribution is -0.660. The van der Waals surface area contributed by atoms with Crippen molar-refractivity contribution in [2.45, 2.75) is 209 Å². The summed E-state index contributed by atoms with van der Waals surface area (Å²) in [5, 5.41) is 10.7. The van der Waals surface area contributed by atoms with Gasteiger partial charge in [0.1, 0.15) is 28.2 Å². The van der Waals surface area contributed by atoms with Crippen molar-refractivity contribution in [2.75, 3.05) is 0 Å². The molecule has 124 heavy (non-hydrogen) atoms. The van der Waals surface area contributed by atoms with E-state index >= 15 is 0 Å². The molecule has 0 saturated carbocycles. The molecule has 0 bridgehead atoms. The normalized spacial score (nSPS) is 16.1. The Morgan fingerprint density at radius 3 is 0.879 bits per heavy atom. The molecule has 0 N–H and O–H groups in total. The van der Waals surface area contributed by atoms with E-state index in [0.29, 0.717) is 0 Å².